The van der Waals surface area contributed by atoms with Crippen molar-refractivity contribution in [2.45, 2.75) is 57.9 Å². The second kappa shape index (κ2) is 7.84. The van der Waals surface area contributed by atoms with Gasteiger partial charge >= 0.3 is 0 Å². The van der Waals surface area contributed by atoms with Crippen LogP contribution in [-0.4, -0.2) is 22.6 Å². The van der Waals surface area contributed by atoms with E-state index in [-0.39, 0.29) is 0 Å². The minimum absolute atomic E-state index is 0.422. The minimum Gasteiger partial charge on any atom is -0.383 e. The number of pyridine rings is 2. The zero-order chi connectivity index (χ0) is 18.9. The van der Waals surface area contributed by atoms with E-state index in [0.717, 1.165) is 29.2 Å². The second-order valence-electron chi connectivity index (χ2n) is 8.26. The third-order valence-electron chi connectivity index (χ3n) is 5.76. The lowest BCUT2D eigenvalue weighted by Gasteiger charge is -2.23. The van der Waals surface area contributed by atoms with Gasteiger partial charge in [-0.1, -0.05) is 49.4 Å². The first-order valence-corrected chi connectivity index (χ1v) is 10.6. The Bertz CT molecular complexity index is 814. The predicted octanol–water partition coefficient (Wildman–Crippen LogP) is 6.41. The Kier molecular flexibility index (Phi) is 5.47. The van der Waals surface area contributed by atoms with Crippen LogP contribution in [0.1, 0.15) is 51.9 Å². The fraction of sp³-hybridized carbons (Fsp3) is 0.524. The van der Waals surface area contributed by atoms with E-state index in [9.17, 15) is 0 Å². The normalized spacial score (nSPS) is 18.9. The van der Waals surface area contributed by atoms with Gasteiger partial charge in [0.15, 0.2) is 0 Å². The van der Waals surface area contributed by atoms with Gasteiger partial charge in [-0.05, 0) is 43.2 Å². The monoisotopic (exact) mass is 404 g/mol. The Balaban J connectivity index is 1.56. The van der Waals surface area contributed by atoms with Crippen LogP contribution >= 0.6 is 23.2 Å². The highest BCUT2D eigenvalue weighted by Crippen LogP contribution is 2.45. The smallest absolute Gasteiger partial charge is 0.137 e. The molecule has 0 radical (unpaired) electrons. The molecule has 0 aliphatic heterocycles. The van der Waals surface area contributed by atoms with Crippen LogP contribution in [-0.2, 0) is 0 Å². The molecule has 2 aromatic rings. The van der Waals surface area contributed by atoms with Gasteiger partial charge in [-0.2, -0.15) is 0 Å². The summed E-state index contributed by atoms with van der Waals surface area (Å²) in [6, 6.07) is 4.51. The third-order valence-corrected chi connectivity index (χ3v) is 6.37. The number of halogens is 2. The van der Waals surface area contributed by atoms with Crippen LogP contribution in [0.25, 0.3) is 11.1 Å². The van der Waals surface area contributed by atoms with Gasteiger partial charge in [0.05, 0.1) is 16.9 Å². The van der Waals surface area contributed by atoms with Gasteiger partial charge in [-0.15, -0.1) is 0 Å². The summed E-state index contributed by atoms with van der Waals surface area (Å²) in [5.74, 6) is 0.848. The topological polar surface area (TPSA) is 49.8 Å². The first-order valence-electron chi connectivity index (χ1n) is 9.84. The molecule has 0 spiro atoms. The Morgan fingerprint density at radius 2 is 1.81 bits per heavy atom. The molecular weight excluding hydrogens is 379 g/mol. The van der Waals surface area contributed by atoms with Crippen LogP contribution in [0.3, 0.4) is 0 Å². The maximum absolute atomic E-state index is 6.46. The largest absolute Gasteiger partial charge is 0.383 e. The van der Waals surface area contributed by atoms with Gasteiger partial charge in [-0.3, -0.25) is 0 Å². The number of hydrogen-bond donors (Lipinski definition) is 2. The molecule has 0 atom stereocenters. The van der Waals surface area contributed by atoms with Crippen LogP contribution in [0.4, 0.5) is 11.5 Å². The molecule has 4 nitrogen and oxygen atoms in total. The quantitative estimate of drug-likeness (QED) is 0.546. The molecule has 2 aliphatic rings. The highest BCUT2D eigenvalue weighted by molar-refractivity contribution is 6.36. The Morgan fingerprint density at radius 3 is 2.56 bits per heavy atom. The molecule has 0 aromatic carbocycles. The van der Waals surface area contributed by atoms with E-state index in [1.807, 2.05) is 12.1 Å². The second-order valence-corrected chi connectivity index (χ2v) is 9.02. The van der Waals surface area contributed by atoms with Crippen molar-refractivity contribution in [2.24, 2.45) is 5.41 Å². The van der Waals surface area contributed by atoms with Crippen molar-refractivity contribution in [3.05, 3.63) is 34.7 Å². The summed E-state index contributed by atoms with van der Waals surface area (Å²) >= 11 is 12.9. The molecule has 0 saturated heterocycles. The summed E-state index contributed by atoms with van der Waals surface area (Å²) in [5.41, 5.74) is 3.09. The van der Waals surface area contributed by atoms with E-state index in [1.165, 1.54) is 44.9 Å². The Morgan fingerprint density at radius 1 is 1.04 bits per heavy atom. The number of anilines is 2. The summed E-state index contributed by atoms with van der Waals surface area (Å²) < 4.78 is 0. The van der Waals surface area contributed by atoms with E-state index < -0.39 is 0 Å². The van der Waals surface area contributed by atoms with Gasteiger partial charge < -0.3 is 10.6 Å². The fourth-order valence-electron chi connectivity index (χ4n) is 3.62. The lowest BCUT2D eigenvalue weighted by atomic mass is 9.95. The Labute approximate surface area is 171 Å². The molecule has 6 heteroatoms. The van der Waals surface area contributed by atoms with E-state index in [0.29, 0.717) is 21.6 Å². The zero-order valence-corrected chi connectivity index (χ0v) is 17.2. The SMILES string of the molecule is CC1(CNc2cnc(Cl)c(-c3cc(NC4CCCCC4)ncc3Cl)c2)CC1. The van der Waals surface area contributed by atoms with Gasteiger partial charge in [0.1, 0.15) is 11.0 Å². The van der Waals surface area contributed by atoms with E-state index in [1.54, 1.807) is 12.4 Å². The van der Waals surface area contributed by atoms with Crippen molar-refractivity contribution in [1.29, 1.82) is 0 Å². The van der Waals surface area contributed by atoms with Crippen LogP contribution in [0.5, 0.6) is 0 Å². The van der Waals surface area contributed by atoms with Gasteiger partial charge in [0.25, 0.3) is 0 Å². The molecule has 2 aliphatic carbocycles. The molecule has 2 fully saturated rings. The first kappa shape index (κ1) is 18.8. The van der Waals surface area contributed by atoms with Gasteiger partial charge in [0, 0.05) is 29.9 Å². The molecular formula is C21H26Cl2N4. The van der Waals surface area contributed by atoms with Crippen LogP contribution < -0.4 is 10.6 Å². The highest BCUT2D eigenvalue weighted by Gasteiger charge is 2.36. The molecule has 144 valence electrons. The number of nitrogens with one attached hydrogen (secondary N) is 2. The van der Waals surface area contributed by atoms with Gasteiger partial charge in [0.2, 0.25) is 0 Å². The van der Waals surface area contributed by atoms with Gasteiger partial charge in [-0.25, -0.2) is 9.97 Å². The molecule has 4 rings (SSSR count). The van der Waals surface area contributed by atoms with Crippen molar-refractivity contribution in [2.75, 3.05) is 17.2 Å². The standard InChI is InChI=1S/C21H26Cl2N4/c1-21(7-8-21)13-26-15-9-17(20(23)25-11-15)16-10-19(24-12-18(16)22)27-14-5-3-2-4-6-14/h9-12,14,26H,2-8,13H2,1H3,(H,24,27). The maximum atomic E-state index is 6.46. The summed E-state index contributed by atoms with van der Waals surface area (Å²) in [5, 5.41) is 8.08. The maximum Gasteiger partial charge on any atom is 0.137 e. The zero-order valence-electron chi connectivity index (χ0n) is 15.7. The number of nitrogens with zero attached hydrogens (tertiary/aromatic N) is 2. The Hall–Kier alpha value is -1.52. The van der Waals surface area contributed by atoms with Crippen LogP contribution in [0, 0.1) is 5.41 Å². The lowest BCUT2D eigenvalue weighted by molar-refractivity contribution is 0.462. The van der Waals surface area contributed by atoms with Crippen LogP contribution in [0.15, 0.2) is 24.5 Å². The number of rotatable bonds is 6. The molecule has 0 bridgehead atoms. The molecule has 27 heavy (non-hydrogen) atoms. The molecule has 2 aromatic heterocycles. The van der Waals surface area contributed by atoms with Crippen molar-refractivity contribution in [3.63, 3.8) is 0 Å². The fourth-order valence-corrected chi connectivity index (χ4v) is 4.03. The van der Waals surface area contributed by atoms with E-state index >= 15 is 0 Å². The predicted molar refractivity (Wildman–Crippen MR) is 114 cm³/mol. The lowest BCUT2D eigenvalue weighted by Crippen LogP contribution is -2.22. The van der Waals surface area contributed by atoms with Crippen LogP contribution in [0.2, 0.25) is 10.2 Å². The summed E-state index contributed by atoms with van der Waals surface area (Å²) in [7, 11) is 0. The van der Waals surface area contributed by atoms with Crippen molar-refractivity contribution < 1.29 is 0 Å². The summed E-state index contributed by atoms with van der Waals surface area (Å²) in [6.07, 6.45) is 12.3. The average Bonchev–Trinajstić information content (AvgIpc) is 3.41. The summed E-state index contributed by atoms with van der Waals surface area (Å²) in [4.78, 5) is 8.83. The molecule has 2 heterocycles. The van der Waals surface area contributed by atoms with E-state index in [2.05, 4.69) is 27.5 Å². The highest BCUT2D eigenvalue weighted by atomic mass is 35.5. The van der Waals surface area contributed by atoms with Crippen molar-refractivity contribution in [3.8, 4) is 11.1 Å². The third kappa shape index (κ3) is 4.67. The number of hydrogen-bond acceptors (Lipinski definition) is 4. The first-order chi connectivity index (χ1) is 13.0. The van der Waals surface area contributed by atoms with E-state index in [4.69, 9.17) is 23.2 Å². The molecule has 0 unspecified atom stereocenters. The molecule has 2 saturated carbocycles. The average molecular weight is 405 g/mol. The number of aromatic nitrogens is 2. The summed E-state index contributed by atoms with van der Waals surface area (Å²) in [6.45, 7) is 3.25. The molecule has 2 N–H and O–H groups in total. The minimum atomic E-state index is 0.422. The molecule has 0 amide bonds. The van der Waals surface area contributed by atoms with Crippen molar-refractivity contribution >= 4 is 34.7 Å². The van der Waals surface area contributed by atoms with Crippen molar-refractivity contribution in [1.82, 2.24) is 9.97 Å².